The van der Waals surface area contributed by atoms with Crippen LogP contribution in [0.4, 0.5) is 5.69 Å². The van der Waals surface area contributed by atoms with Crippen LogP contribution in [-0.2, 0) is 27.9 Å². The van der Waals surface area contributed by atoms with E-state index in [4.69, 9.17) is 4.55 Å². The first kappa shape index (κ1) is 25.1. The Morgan fingerprint density at radius 1 is 1.30 bits per heavy atom. The Hall–Kier alpha value is -2.55. The van der Waals surface area contributed by atoms with Crippen molar-refractivity contribution in [1.82, 2.24) is 20.5 Å². The molecule has 1 aromatic carbocycles. The van der Waals surface area contributed by atoms with E-state index in [1.54, 1.807) is 19.1 Å². The second-order valence-corrected chi connectivity index (χ2v) is 9.66. The summed E-state index contributed by atoms with van der Waals surface area (Å²) in [6, 6.07) is 5.94. The molecule has 180 valence electrons. The van der Waals surface area contributed by atoms with E-state index in [9.17, 15) is 23.4 Å². The van der Waals surface area contributed by atoms with Gasteiger partial charge in [-0.1, -0.05) is 19.1 Å². The predicted molar refractivity (Wildman–Crippen MR) is 123 cm³/mol. The first-order valence-electron chi connectivity index (χ1n) is 10.2. The van der Waals surface area contributed by atoms with Gasteiger partial charge in [-0.2, -0.15) is 8.42 Å². The van der Waals surface area contributed by atoms with Crippen LogP contribution in [0.2, 0.25) is 0 Å². The highest BCUT2D eigenvalue weighted by molar-refractivity contribution is 7.87. The molecule has 0 radical (unpaired) electrons. The lowest BCUT2D eigenvalue weighted by molar-refractivity contribution is -0.126. The summed E-state index contributed by atoms with van der Waals surface area (Å²) in [5.41, 5.74) is 2.49. The number of anilines is 1. The van der Waals surface area contributed by atoms with Crippen LogP contribution in [0, 0.1) is 0 Å². The van der Waals surface area contributed by atoms with Crippen molar-refractivity contribution in [2.24, 2.45) is 0 Å². The molecule has 1 aromatic heterocycles. The van der Waals surface area contributed by atoms with Gasteiger partial charge in [0.1, 0.15) is 17.8 Å². The van der Waals surface area contributed by atoms with Crippen molar-refractivity contribution < 1.29 is 28.0 Å². The van der Waals surface area contributed by atoms with Crippen LogP contribution in [0.15, 0.2) is 41.4 Å². The number of aryl methyl sites for hydroxylation is 1. The number of carbonyl (C=O) groups is 1. The number of aliphatic hydroxyl groups is 2. The van der Waals surface area contributed by atoms with Crippen molar-refractivity contribution >= 4 is 33.2 Å². The van der Waals surface area contributed by atoms with Crippen LogP contribution in [0.5, 0.6) is 0 Å². The number of hydrogen-bond donors (Lipinski definition) is 6. The number of rotatable bonds is 9. The average Bonchev–Trinajstić information content (AvgIpc) is 3.21. The summed E-state index contributed by atoms with van der Waals surface area (Å²) in [5.74, 6) is -0.348. The molecule has 2 heterocycles. The van der Waals surface area contributed by atoms with Crippen molar-refractivity contribution in [3.63, 3.8) is 0 Å². The molecule has 0 saturated carbocycles. The molecule has 0 aliphatic carbocycles. The highest BCUT2D eigenvalue weighted by atomic mass is 32.2. The third kappa shape index (κ3) is 7.22. The zero-order chi connectivity index (χ0) is 24.2. The minimum absolute atomic E-state index is 0.141. The number of aliphatic hydroxyl groups excluding tert-OH is 2. The molecule has 1 aliphatic rings. The van der Waals surface area contributed by atoms with Gasteiger partial charge in [0, 0.05) is 11.6 Å². The monoisotopic (exact) mass is 497 g/mol. The maximum atomic E-state index is 12.8. The van der Waals surface area contributed by atoms with Gasteiger partial charge in [0.15, 0.2) is 6.35 Å². The Morgan fingerprint density at radius 3 is 2.61 bits per heavy atom. The number of amides is 1. The molecule has 0 bridgehead atoms. The molecule has 0 fully saturated rings. The quantitative estimate of drug-likeness (QED) is 0.274. The van der Waals surface area contributed by atoms with E-state index in [2.05, 4.69) is 15.6 Å². The van der Waals surface area contributed by atoms with E-state index in [1.807, 2.05) is 17.0 Å². The van der Waals surface area contributed by atoms with Gasteiger partial charge in [0.05, 0.1) is 17.4 Å². The van der Waals surface area contributed by atoms with Gasteiger partial charge in [-0.3, -0.25) is 14.1 Å². The number of nitrogens with one attached hydrogen (secondary N) is 3. The largest absolute Gasteiger partial charge is 0.374 e. The molecule has 13 heteroatoms. The maximum absolute atomic E-state index is 12.8. The number of benzene rings is 1. The lowest BCUT2D eigenvalue weighted by Gasteiger charge is -2.34. The molecule has 0 spiro atoms. The summed E-state index contributed by atoms with van der Waals surface area (Å²) >= 11 is 1.43. The van der Waals surface area contributed by atoms with Gasteiger partial charge in [-0.05, 0) is 43.0 Å². The minimum Gasteiger partial charge on any atom is -0.374 e. The van der Waals surface area contributed by atoms with Crippen molar-refractivity contribution in [1.29, 1.82) is 0 Å². The van der Waals surface area contributed by atoms with Crippen LogP contribution in [-0.4, -0.2) is 58.1 Å². The van der Waals surface area contributed by atoms with Crippen LogP contribution in [0.1, 0.15) is 36.2 Å². The van der Waals surface area contributed by atoms with Gasteiger partial charge in [0.25, 0.3) is 0 Å². The highest BCUT2D eigenvalue weighted by Gasteiger charge is 2.26. The zero-order valence-electron chi connectivity index (χ0n) is 18.1. The van der Waals surface area contributed by atoms with E-state index in [-0.39, 0.29) is 18.1 Å². The van der Waals surface area contributed by atoms with Gasteiger partial charge < -0.3 is 20.4 Å². The predicted octanol–water partition coefficient (Wildman–Crippen LogP) is 0.723. The van der Waals surface area contributed by atoms with Crippen molar-refractivity contribution in [3.05, 3.63) is 57.7 Å². The summed E-state index contributed by atoms with van der Waals surface area (Å²) in [6.45, 7) is 3.53. The standard InChI is InChI=1S/C20H27N5O6S2/c1-3-14-11-32-19(21-14)16(8-13-4-6-15(7-5-13)24-33(29,30)31)22-17(26)10-25-9-12(2)18(27)23-20(25)28/h4-7,9,11,16,18,20,23-24,27-28H,3,8,10H2,1-2H3,(H,22,26)(H,29,30,31)/t16-,18-,20-/m0/s1. The first-order valence-corrected chi connectivity index (χ1v) is 12.5. The second kappa shape index (κ2) is 10.6. The Bertz CT molecular complexity index is 1100. The Kier molecular flexibility index (Phi) is 8.05. The molecular weight excluding hydrogens is 470 g/mol. The number of carbonyl (C=O) groups excluding carboxylic acids is 1. The fraction of sp³-hybridized carbons (Fsp3) is 0.400. The molecular formula is C20H27N5O6S2. The Morgan fingerprint density at radius 2 is 2.00 bits per heavy atom. The third-order valence-corrected chi connectivity index (χ3v) is 6.45. The topological polar surface area (TPSA) is 164 Å². The van der Waals surface area contributed by atoms with Crippen LogP contribution in [0.25, 0.3) is 0 Å². The third-order valence-electron chi connectivity index (χ3n) is 4.95. The highest BCUT2D eigenvalue weighted by Crippen LogP contribution is 2.24. The van der Waals surface area contributed by atoms with E-state index < -0.39 is 28.9 Å². The maximum Gasteiger partial charge on any atom is 0.357 e. The van der Waals surface area contributed by atoms with E-state index in [0.717, 1.165) is 22.7 Å². The van der Waals surface area contributed by atoms with Crippen LogP contribution in [0.3, 0.4) is 0 Å². The zero-order valence-corrected chi connectivity index (χ0v) is 19.7. The second-order valence-electron chi connectivity index (χ2n) is 7.62. The number of thiazole rings is 1. The van der Waals surface area contributed by atoms with Crippen molar-refractivity contribution in [2.45, 2.75) is 45.3 Å². The number of hydrogen-bond acceptors (Lipinski definition) is 9. The summed E-state index contributed by atoms with van der Waals surface area (Å²) in [4.78, 5) is 18.8. The fourth-order valence-electron chi connectivity index (χ4n) is 3.25. The van der Waals surface area contributed by atoms with E-state index in [1.165, 1.54) is 34.6 Å². The van der Waals surface area contributed by atoms with Gasteiger partial charge >= 0.3 is 10.3 Å². The van der Waals surface area contributed by atoms with Gasteiger partial charge in [0.2, 0.25) is 5.91 Å². The summed E-state index contributed by atoms with van der Waals surface area (Å²) < 4.78 is 32.8. The lowest BCUT2D eigenvalue weighted by Crippen LogP contribution is -2.54. The number of aromatic nitrogens is 1. The molecule has 1 amide bonds. The molecule has 11 nitrogen and oxygen atoms in total. The van der Waals surface area contributed by atoms with Crippen molar-refractivity contribution in [3.8, 4) is 0 Å². The molecule has 2 aromatic rings. The summed E-state index contributed by atoms with van der Waals surface area (Å²) in [5, 5.41) is 28.0. The number of nitrogens with zero attached hydrogens (tertiary/aromatic N) is 2. The van der Waals surface area contributed by atoms with Gasteiger partial charge in [-0.25, -0.2) is 10.3 Å². The Balaban J connectivity index is 1.74. The normalized spacial score (nSPS) is 19.7. The van der Waals surface area contributed by atoms with E-state index >= 15 is 0 Å². The Labute approximate surface area is 196 Å². The van der Waals surface area contributed by atoms with Crippen LogP contribution < -0.4 is 15.4 Å². The molecule has 0 unspecified atom stereocenters. The van der Waals surface area contributed by atoms with Crippen LogP contribution >= 0.6 is 11.3 Å². The molecule has 0 saturated heterocycles. The first-order chi connectivity index (χ1) is 15.5. The minimum atomic E-state index is -4.36. The molecule has 3 rings (SSSR count). The lowest BCUT2D eigenvalue weighted by atomic mass is 10.1. The van der Waals surface area contributed by atoms with Gasteiger partial charge in [-0.15, -0.1) is 11.3 Å². The molecule has 3 atom stereocenters. The molecule has 6 N–H and O–H groups in total. The molecule has 1 aliphatic heterocycles. The SMILES string of the molecule is CCc1csc([C@H](Cc2ccc(NS(=O)(=O)O)cc2)NC(=O)CN2C=C(C)[C@H](O)N[C@@H]2O)n1. The summed E-state index contributed by atoms with van der Waals surface area (Å²) in [7, 11) is -4.36. The van der Waals surface area contributed by atoms with Crippen molar-refractivity contribution in [2.75, 3.05) is 11.3 Å². The summed E-state index contributed by atoms with van der Waals surface area (Å²) in [6.07, 6.45) is 0.490. The fourth-order valence-corrected chi connectivity index (χ4v) is 4.63. The average molecular weight is 498 g/mol. The molecule has 33 heavy (non-hydrogen) atoms. The smallest absolute Gasteiger partial charge is 0.357 e. The van der Waals surface area contributed by atoms with E-state index in [0.29, 0.717) is 12.0 Å².